The van der Waals surface area contributed by atoms with Gasteiger partial charge in [-0.2, -0.15) is 0 Å². The van der Waals surface area contributed by atoms with Crippen LogP contribution in [0.15, 0.2) is 12.2 Å². The average molecular weight is 317 g/mol. The lowest BCUT2D eigenvalue weighted by molar-refractivity contribution is -0.140. The summed E-state index contributed by atoms with van der Waals surface area (Å²) < 4.78 is 0. The van der Waals surface area contributed by atoms with Crippen LogP contribution in [0, 0.1) is 23.7 Å². The van der Waals surface area contributed by atoms with Crippen molar-refractivity contribution in [1.29, 1.82) is 0 Å². The normalized spacial score (nSPS) is 35.7. The van der Waals surface area contributed by atoms with Gasteiger partial charge in [0.05, 0.1) is 11.8 Å². The van der Waals surface area contributed by atoms with Gasteiger partial charge in [-0.1, -0.05) is 12.2 Å². The van der Waals surface area contributed by atoms with Gasteiger partial charge in [-0.3, -0.25) is 14.5 Å². The van der Waals surface area contributed by atoms with E-state index in [0.717, 1.165) is 45.2 Å². The van der Waals surface area contributed by atoms with Crippen molar-refractivity contribution >= 4 is 17.8 Å². The molecule has 4 amide bonds. The summed E-state index contributed by atoms with van der Waals surface area (Å²) in [6.07, 6.45) is 9.41. The van der Waals surface area contributed by atoms with E-state index < -0.39 is 0 Å². The second-order valence-electron chi connectivity index (χ2n) is 7.13. The van der Waals surface area contributed by atoms with Crippen LogP contribution in [-0.2, 0) is 9.59 Å². The molecule has 124 valence electrons. The fourth-order valence-corrected chi connectivity index (χ4v) is 4.65. The van der Waals surface area contributed by atoms with Crippen molar-refractivity contribution in [3.63, 3.8) is 0 Å². The molecule has 2 saturated heterocycles. The lowest BCUT2D eigenvalue weighted by Crippen LogP contribution is -2.48. The Morgan fingerprint density at radius 2 is 1.57 bits per heavy atom. The predicted octanol–water partition coefficient (Wildman–Crippen LogP) is 1.34. The number of fused-ring (bicyclic) bond motifs is 1. The molecule has 2 bridgehead atoms. The van der Waals surface area contributed by atoms with Crippen LogP contribution < -0.4 is 5.32 Å². The summed E-state index contributed by atoms with van der Waals surface area (Å²) in [4.78, 5) is 40.5. The van der Waals surface area contributed by atoms with Crippen LogP contribution in [0.2, 0.25) is 0 Å². The lowest BCUT2D eigenvalue weighted by Gasteiger charge is -2.38. The van der Waals surface area contributed by atoms with Crippen LogP contribution in [0.5, 0.6) is 0 Å². The Balaban J connectivity index is 1.41. The number of carbonyl (C=O) groups is 3. The summed E-state index contributed by atoms with van der Waals surface area (Å²) >= 11 is 0. The van der Waals surface area contributed by atoms with Crippen LogP contribution >= 0.6 is 0 Å². The number of nitrogens with zero attached hydrogens (tertiary/aromatic N) is 2. The average Bonchev–Trinajstić information content (AvgIpc) is 2.88. The van der Waals surface area contributed by atoms with E-state index in [0.29, 0.717) is 0 Å². The van der Waals surface area contributed by atoms with Crippen molar-refractivity contribution in [1.82, 2.24) is 15.1 Å². The maximum atomic E-state index is 12.6. The smallest absolute Gasteiger partial charge is 0.318 e. The van der Waals surface area contributed by atoms with Gasteiger partial charge in [0, 0.05) is 13.1 Å². The van der Waals surface area contributed by atoms with Crippen LogP contribution in [-0.4, -0.2) is 47.4 Å². The summed E-state index contributed by atoms with van der Waals surface area (Å²) in [7, 11) is 0. The SMILES string of the molecule is O=C(NCN1C(=O)[C@H]2[C@H](C1=O)[C@H]1C=C[C@H]2CC1)N1CCCCC1. The zero-order valence-electron chi connectivity index (χ0n) is 13.2. The molecule has 0 aromatic heterocycles. The third kappa shape index (κ3) is 2.35. The monoisotopic (exact) mass is 317 g/mol. The molecule has 6 nitrogen and oxygen atoms in total. The standard InChI is InChI=1S/C17H23N3O3/c21-15-13-11-4-5-12(7-6-11)14(13)16(22)20(15)10-18-17(23)19-8-2-1-3-9-19/h4-5,11-14H,1-3,6-10H2,(H,18,23)/t11-,12-,13+,14+/m0/s1. The highest BCUT2D eigenvalue weighted by Crippen LogP contribution is 2.49. The molecule has 2 heterocycles. The number of hydrogen-bond acceptors (Lipinski definition) is 3. The lowest BCUT2D eigenvalue weighted by atomic mass is 9.63. The predicted molar refractivity (Wildman–Crippen MR) is 83.0 cm³/mol. The molecule has 1 saturated carbocycles. The van der Waals surface area contributed by atoms with E-state index in [4.69, 9.17) is 0 Å². The fraction of sp³-hybridized carbons (Fsp3) is 0.706. The molecule has 3 aliphatic carbocycles. The second-order valence-corrected chi connectivity index (χ2v) is 7.13. The number of likely N-dealkylation sites (tertiary alicyclic amines) is 2. The second kappa shape index (κ2) is 5.65. The van der Waals surface area contributed by atoms with E-state index in [-0.39, 0.29) is 48.2 Å². The molecule has 5 aliphatic rings. The first-order chi connectivity index (χ1) is 11.2. The summed E-state index contributed by atoms with van der Waals surface area (Å²) in [6.45, 7) is 1.53. The van der Waals surface area contributed by atoms with Gasteiger partial charge >= 0.3 is 6.03 Å². The third-order valence-corrected chi connectivity index (χ3v) is 5.88. The molecule has 0 unspecified atom stereocenters. The minimum absolute atomic E-state index is 0.0133. The Kier molecular flexibility index (Phi) is 3.62. The van der Waals surface area contributed by atoms with Crippen molar-refractivity contribution in [3.05, 3.63) is 12.2 Å². The maximum absolute atomic E-state index is 12.6. The highest BCUT2D eigenvalue weighted by molar-refractivity contribution is 6.06. The first-order valence-corrected chi connectivity index (χ1v) is 8.73. The van der Waals surface area contributed by atoms with Gasteiger partial charge in [-0.25, -0.2) is 4.79 Å². The number of rotatable bonds is 2. The molecule has 0 aromatic rings. The topological polar surface area (TPSA) is 69.7 Å². The van der Waals surface area contributed by atoms with E-state index in [1.165, 1.54) is 4.90 Å². The van der Waals surface area contributed by atoms with E-state index in [9.17, 15) is 14.4 Å². The van der Waals surface area contributed by atoms with E-state index in [1.807, 2.05) is 0 Å². The fourth-order valence-electron chi connectivity index (χ4n) is 4.65. The first-order valence-electron chi connectivity index (χ1n) is 8.73. The highest BCUT2D eigenvalue weighted by atomic mass is 16.2. The van der Waals surface area contributed by atoms with Crippen molar-refractivity contribution in [2.24, 2.45) is 23.7 Å². The molecular formula is C17H23N3O3. The zero-order valence-corrected chi connectivity index (χ0v) is 13.2. The Hall–Kier alpha value is -1.85. The number of carbonyl (C=O) groups excluding carboxylic acids is 3. The third-order valence-electron chi connectivity index (χ3n) is 5.88. The minimum Gasteiger partial charge on any atom is -0.325 e. The van der Waals surface area contributed by atoms with E-state index in [2.05, 4.69) is 17.5 Å². The number of imide groups is 1. The Morgan fingerprint density at radius 1 is 1.00 bits per heavy atom. The Morgan fingerprint density at radius 3 is 2.09 bits per heavy atom. The van der Waals surface area contributed by atoms with Crippen LogP contribution in [0.4, 0.5) is 4.79 Å². The van der Waals surface area contributed by atoms with Gasteiger partial charge in [0.1, 0.15) is 6.67 Å². The zero-order chi connectivity index (χ0) is 16.0. The molecular weight excluding hydrogens is 294 g/mol. The molecule has 0 aromatic carbocycles. The van der Waals surface area contributed by atoms with Gasteiger partial charge < -0.3 is 10.2 Å². The summed E-state index contributed by atoms with van der Waals surface area (Å²) in [5, 5.41) is 2.77. The molecule has 6 heteroatoms. The number of amides is 4. The maximum Gasteiger partial charge on any atom is 0.318 e. The largest absolute Gasteiger partial charge is 0.325 e. The first kappa shape index (κ1) is 14.7. The summed E-state index contributed by atoms with van der Waals surface area (Å²) in [5.41, 5.74) is 0. The Labute approximate surface area is 135 Å². The molecule has 4 atom stereocenters. The quantitative estimate of drug-likeness (QED) is 0.617. The molecule has 1 N–H and O–H groups in total. The van der Waals surface area contributed by atoms with Crippen molar-refractivity contribution in [2.75, 3.05) is 19.8 Å². The van der Waals surface area contributed by atoms with Gasteiger partial charge in [0.2, 0.25) is 11.8 Å². The molecule has 2 aliphatic heterocycles. The van der Waals surface area contributed by atoms with Crippen LogP contribution in [0.1, 0.15) is 32.1 Å². The van der Waals surface area contributed by atoms with E-state index in [1.54, 1.807) is 4.90 Å². The molecule has 5 rings (SSSR count). The van der Waals surface area contributed by atoms with Crippen molar-refractivity contribution in [3.8, 4) is 0 Å². The molecule has 0 radical (unpaired) electrons. The van der Waals surface area contributed by atoms with Gasteiger partial charge in [-0.05, 0) is 43.9 Å². The number of hydrogen-bond donors (Lipinski definition) is 1. The van der Waals surface area contributed by atoms with Crippen molar-refractivity contribution in [2.45, 2.75) is 32.1 Å². The van der Waals surface area contributed by atoms with Gasteiger partial charge in [0.15, 0.2) is 0 Å². The van der Waals surface area contributed by atoms with Crippen molar-refractivity contribution < 1.29 is 14.4 Å². The molecule has 3 fully saturated rings. The number of allylic oxidation sites excluding steroid dienone is 2. The van der Waals surface area contributed by atoms with Gasteiger partial charge in [0.25, 0.3) is 0 Å². The number of nitrogens with one attached hydrogen (secondary N) is 1. The molecule has 0 spiro atoms. The van der Waals surface area contributed by atoms with Crippen LogP contribution in [0.25, 0.3) is 0 Å². The summed E-state index contributed by atoms with van der Waals surface area (Å²) in [5.74, 6) is -0.194. The summed E-state index contributed by atoms with van der Waals surface area (Å²) in [6, 6.07) is -0.165. The minimum atomic E-state index is -0.196. The van der Waals surface area contributed by atoms with Gasteiger partial charge in [-0.15, -0.1) is 0 Å². The molecule has 23 heavy (non-hydrogen) atoms. The van der Waals surface area contributed by atoms with Crippen LogP contribution in [0.3, 0.4) is 0 Å². The number of piperidine rings is 1. The number of urea groups is 1. The highest BCUT2D eigenvalue weighted by Gasteiger charge is 2.56. The Bertz CT molecular complexity index is 535. The van der Waals surface area contributed by atoms with E-state index >= 15 is 0 Å².